The smallest absolute Gasteiger partial charge is 0.0352 e. The monoisotopic (exact) mass is 1840 g/mol. The third-order valence-electron chi connectivity index (χ3n) is 32.6. The molecule has 23 aromatic carbocycles. The molecule has 0 bridgehead atoms. The van der Waals surface area contributed by atoms with Crippen LogP contribution in [0.25, 0.3) is 178 Å². The molecule has 7 aliphatic rings. The Morgan fingerprint density at radius 1 is 0.152 bits per heavy atom. The highest BCUT2D eigenvalue weighted by molar-refractivity contribution is 6.04. The zero-order valence-electron chi connectivity index (χ0n) is 80.9. The average molecular weight is 1840 g/mol. The fourth-order valence-corrected chi connectivity index (χ4v) is 25.6. The van der Waals surface area contributed by atoms with Gasteiger partial charge in [-0.05, 0) is 345 Å². The van der Waals surface area contributed by atoms with Gasteiger partial charge >= 0.3 is 0 Å². The van der Waals surface area contributed by atoms with Crippen LogP contribution in [0, 0.1) is 0 Å². The van der Waals surface area contributed by atoms with Crippen LogP contribution in [0.3, 0.4) is 0 Å². The molecule has 23 aromatic rings. The van der Waals surface area contributed by atoms with Crippen LogP contribution in [0.5, 0.6) is 0 Å². The number of benzene rings is 23. The first-order chi connectivity index (χ1) is 71.6. The van der Waals surface area contributed by atoms with Gasteiger partial charge < -0.3 is 0 Å². The molecule has 0 amide bonds. The van der Waals surface area contributed by atoms with Gasteiger partial charge in [0.15, 0.2) is 0 Å². The molecule has 30 rings (SSSR count). The van der Waals surface area contributed by atoms with Gasteiger partial charge in [0.25, 0.3) is 0 Å². The summed E-state index contributed by atoms with van der Waals surface area (Å²) in [5.74, 6) is 0.759. The number of rotatable bonds is 12. The van der Waals surface area contributed by atoms with E-state index in [1.807, 2.05) is 0 Å². The Bertz CT molecular complexity index is 9020. The maximum atomic E-state index is 2.53. The molecule has 145 heavy (non-hydrogen) atoms. The average Bonchev–Trinajstić information content (AvgIpc) is 1.55. The standard InChI is InChI=1S/C51H36.C50H34.C44H30/c1-51(2)47-29-35(31-10-4-3-5-11-31)19-22-41(47)42-23-21-38(30-48(42)51)49-43-24-20-34(28-46(43)50-40-15-9-6-12-32(40)18-25-44(49)50)33-16-17-37-26-36-13-7-8-14-39(36)45(37)27-33;1-4-14-33(15-5-1)38-28-39(34-16-6-2-7-17-34)30-40(29-38)50-44-23-13-11-21-42(44)48-32-37(25-27-46(48)50)36-24-26-45-47(31-36)41-20-10-12-22-43(41)49(45)35-18-8-3-9-19-35;1-3-11-29(12-4-1)35-24-36(30-13-5-2-6-14-30)26-37(25-35)44-40-18-10-9-17-39(40)43-28-32(21-22-41(43)44)31-19-20-34-23-33-15-7-8-16-38(33)42(34)27-31/h3-25,27-30,49H,26H2,1-2H3;1-32,49-50H;1-22,24-28,44H,23H2. The van der Waals surface area contributed by atoms with E-state index in [2.05, 4.69) is 536 Å². The maximum absolute atomic E-state index is 2.53. The van der Waals surface area contributed by atoms with Gasteiger partial charge in [0.1, 0.15) is 0 Å². The molecule has 0 spiro atoms. The van der Waals surface area contributed by atoms with E-state index < -0.39 is 0 Å². The second kappa shape index (κ2) is 34.9. The van der Waals surface area contributed by atoms with Crippen molar-refractivity contribution in [3.05, 3.63) is 622 Å². The van der Waals surface area contributed by atoms with Crippen molar-refractivity contribution in [3.8, 4) is 167 Å². The van der Waals surface area contributed by atoms with Crippen molar-refractivity contribution < 1.29 is 0 Å². The summed E-state index contributed by atoms with van der Waals surface area (Å²) in [4.78, 5) is 0. The molecule has 0 heterocycles. The van der Waals surface area contributed by atoms with E-state index in [0.717, 1.165) is 12.8 Å². The topological polar surface area (TPSA) is 0 Å². The summed E-state index contributed by atoms with van der Waals surface area (Å²) in [7, 11) is 0. The van der Waals surface area contributed by atoms with Crippen LogP contribution in [0.1, 0.15) is 138 Å². The molecule has 0 saturated heterocycles. The van der Waals surface area contributed by atoms with Crippen LogP contribution in [-0.4, -0.2) is 0 Å². The van der Waals surface area contributed by atoms with Gasteiger partial charge in [-0.25, -0.2) is 0 Å². The van der Waals surface area contributed by atoms with E-state index in [1.54, 1.807) is 0 Å². The number of hydrogen-bond donors (Lipinski definition) is 0. The molecular weight excluding hydrogens is 1740 g/mol. The third-order valence-corrected chi connectivity index (χ3v) is 32.6. The van der Waals surface area contributed by atoms with Crippen LogP contribution in [0.2, 0.25) is 0 Å². The Labute approximate surface area is 849 Å². The second-order valence-corrected chi connectivity index (χ2v) is 41.0. The highest BCUT2D eigenvalue weighted by Crippen LogP contribution is 2.59. The van der Waals surface area contributed by atoms with Crippen molar-refractivity contribution in [2.45, 2.75) is 55.8 Å². The van der Waals surface area contributed by atoms with Crippen molar-refractivity contribution >= 4 is 10.8 Å². The summed E-state index contributed by atoms with van der Waals surface area (Å²) in [6.07, 6.45) is 2.05. The van der Waals surface area contributed by atoms with Gasteiger partial charge in [-0.3, -0.25) is 0 Å². The Morgan fingerprint density at radius 2 is 0.441 bits per heavy atom. The summed E-state index contributed by atoms with van der Waals surface area (Å²) in [6, 6.07) is 195. The first-order valence-electron chi connectivity index (χ1n) is 51.3. The molecule has 0 aliphatic heterocycles. The summed E-state index contributed by atoms with van der Waals surface area (Å²) in [5, 5.41) is 2.63. The first kappa shape index (κ1) is 85.3. The fraction of sp³-hybridized carbons (Fsp3) is 0.0621. The van der Waals surface area contributed by atoms with Crippen LogP contribution >= 0.6 is 0 Å². The SMILES string of the molecule is CC1(C)c2cc(-c3ccccc3)ccc2-c2ccc(C3c4ccc(-c5ccc6c(c5)-c5ccccc5C6)cc4-c4c3ccc3ccccc43)cc21.c1ccc(-c2cc(-c3ccccc3)cc(C3c4ccccc4-c4cc(-c5ccc6c(c5)-c5ccccc5C6)ccc43)c2)cc1.c1ccc(-c2cc(-c3ccccc3)cc(C3c4ccccc4-c4cc(-c5ccc6c(c5)-c5ccccc5C6c5ccccc5)ccc43)c2)cc1. The van der Waals surface area contributed by atoms with Gasteiger partial charge in [0, 0.05) is 29.1 Å². The molecule has 0 saturated carbocycles. The third kappa shape index (κ3) is 14.6. The maximum Gasteiger partial charge on any atom is 0.0352 e. The molecule has 4 unspecified atom stereocenters. The molecule has 680 valence electrons. The fourth-order valence-electron chi connectivity index (χ4n) is 25.6. The minimum Gasteiger partial charge on any atom is -0.0622 e. The van der Waals surface area contributed by atoms with E-state index >= 15 is 0 Å². The highest BCUT2D eigenvalue weighted by atomic mass is 14.4. The quantitative estimate of drug-likeness (QED) is 0.114. The second-order valence-electron chi connectivity index (χ2n) is 41.0. The molecule has 0 N–H and O–H groups in total. The summed E-state index contributed by atoms with van der Waals surface area (Å²) in [6.45, 7) is 4.81. The molecule has 0 heteroatoms. The van der Waals surface area contributed by atoms with Crippen molar-refractivity contribution in [2.24, 2.45) is 0 Å². The molecular formula is C145H100. The van der Waals surface area contributed by atoms with Gasteiger partial charge in [0.2, 0.25) is 0 Å². The molecule has 4 atom stereocenters. The highest BCUT2D eigenvalue weighted by Gasteiger charge is 2.41. The van der Waals surface area contributed by atoms with Crippen LogP contribution < -0.4 is 0 Å². The minimum atomic E-state index is -0.102. The molecule has 0 aromatic heterocycles. The molecule has 0 nitrogen and oxygen atoms in total. The lowest BCUT2D eigenvalue weighted by Crippen LogP contribution is -2.15. The summed E-state index contributed by atoms with van der Waals surface area (Å²) < 4.78 is 0. The predicted octanol–water partition coefficient (Wildman–Crippen LogP) is 37.6. The summed E-state index contributed by atoms with van der Waals surface area (Å²) in [5.41, 5.74) is 64.1. The first-order valence-corrected chi connectivity index (χ1v) is 51.3. The Balaban J connectivity index is 0.000000106. The Morgan fingerprint density at radius 3 is 0.876 bits per heavy atom. The van der Waals surface area contributed by atoms with Gasteiger partial charge in [0.05, 0.1) is 0 Å². The Kier molecular flexibility index (Phi) is 20.6. The lowest BCUT2D eigenvalue weighted by atomic mass is 9.79. The van der Waals surface area contributed by atoms with Crippen molar-refractivity contribution in [1.29, 1.82) is 0 Å². The van der Waals surface area contributed by atoms with E-state index in [0.29, 0.717) is 0 Å². The van der Waals surface area contributed by atoms with E-state index in [1.165, 1.54) is 278 Å². The number of hydrogen-bond acceptors (Lipinski definition) is 0. The zero-order valence-corrected chi connectivity index (χ0v) is 80.9. The van der Waals surface area contributed by atoms with Crippen molar-refractivity contribution in [3.63, 3.8) is 0 Å². The number of fused-ring (bicyclic) bond motifs is 23. The van der Waals surface area contributed by atoms with Gasteiger partial charge in [-0.2, -0.15) is 0 Å². The van der Waals surface area contributed by atoms with Crippen molar-refractivity contribution in [2.75, 3.05) is 0 Å². The van der Waals surface area contributed by atoms with Gasteiger partial charge in [-0.1, -0.05) is 481 Å². The van der Waals surface area contributed by atoms with E-state index in [-0.39, 0.29) is 29.1 Å². The molecule has 0 fully saturated rings. The zero-order chi connectivity index (χ0) is 95.9. The predicted molar refractivity (Wildman–Crippen MR) is 606 cm³/mol. The molecule has 0 radical (unpaired) electrons. The lowest BCUT2D eigenvalue weighted by molar-refractivity contribution is 0.659. The Hall–Kier alpha value is -17.7. The van der Waals surface area contributed by atoms with Crippen molar-refractivity contribution in [1.82, 2.24) is 0 Å². The van der Waals surface area contributed by atoms with Crippen LogP contribution in [0.4, 0.5) is 0 Å². The van der Waals surface area contributed by atoms with E-state index in [4.69, 9.17) is 0 Å². The normalized spacial score (nSPS) is 15.0. The largest absolute Gasteiger partial charge is 0.0622 e. The molecule has 7 aliphatic carbocycles. The lowest BCUT2D eigenvalue weighted by Gasteiger charge is -2.24. The van der Waals surface area contributed by atoms with Crippen LogP contribution in [0.15, 0.2) is 522 Å². The van der Waals surface area contributed by atoms with E-state index in [9.17, 15) is 0 Å². The minimum absolute atomic E-state index is 0.102. The van der Waals surface area contributed by atoms with Crippen LogP contribution in [-0.2, 0) is 18.3 Å². The summed E-state index contributed by atoms with van der Waals surface area (Å²) >= 11 is 0. The van der Waals surface area contributed by atoms with Gasteiger partial charge in [-0.15, -0.1) is 0 Å².